The number of piperazine rings is 1. The van der Waals surface area contributed by atoms with Crippen molar-refractivity contribution < 1.29 is 4.79 Å². The molecule has 2 rings (SSSR count). The van der Waals surface area contributed by atoms with Crippen molar-refractivity contribution in [1.82, 2.24) is 10.2 Å². The van der Waals surface area contributed by atoms with Gasteiger partial charge in [0.2, 0.25) is 0 Å². The molecule has 16 heavy (non-hydrogen) atoms. The fraction of sp³-hybridized carbons (Fsp3) is 0.417. The van der Waals surface area contributed by atoms with Gasteiger partial charge in [0.1, 0.15) is 0 Å². The highest BCUT2D eigenvalue weighted by atomic mass is 16.2. The van der Waals surface area contributed by atoms with Gasteiger partial charge in [-0.2, -0.15) is 0 Å². The van der Waals surface area contributed by atoms with Crippen LogP contribution in [0, 0.1) is 0 Å². The van der Waals surface area contributed by atoms with E-state index in [1.54, 1.807) is 12.1 Å². The third-order valence-corrected chi connectivity index (χ3v) is 2.85. The lowest BCUT2D eigenvalue weighted by Gasteiger charge is -2.32. The first-order chi connectivity index (χ1) is 7.68. The number of benzene rings is 1. The van der Waals surface area contributed by atoms with Gasteiger partial charge in [-0.15, -0.1) is 0 Å². The average molecular weight is 219 g/mol. The van der Waals surface area contributed by atoms with Crippen LogP contribution in [-0.4, -0.2) is 36.5 Å². The zero-order chi connectivity index (χ0) is 11.5. The molecule has 4 nitrogen and oxygen atoms in total. The van der Waals surface area contributed by atoms with Crippen LogP contribution >= 0.6 is 0 Å². The average Bonchev–Trinajstić information content (AvgIpc) is 2.29. The summed E-state index contributed by atoms with van der Waals surface area (Å²) in [6.45, 7) is 4.41. The number of hydrogen-bond acceptors (Lipinski definition) is 3. The molecule has 1 aliphatic rings. The largest absolute Gasteiger partial charge is 0.398 e. The molecule has 0 aliphatic carbocycles. The predicted octanol–water partition coefficient (Wildman–Crippen LogP) is 0.703. The number of anilines is 1. The molecule has 0 saturated carbocycles. The van der Waals surface area contributed by atoms with Gasteiger partial charge in [0.05, 0.1) is 5.56 Å². The van der Waals surface area contributed by atoms with Crippen LogP contribution in [0.3, 0.4) is 0 Å². The zero-order valence-electron chi connectivity index (χ0n) is 9.44. The van der Waals surface area contributed by atoms with Crippen LogP contribution < -0.4 is 11.1 Å². The highest BCUT2D eigenvalue weighted by Gasteiger charge is 2.22. The number of nitrogens with one attached hydrogen (secondary N) is 1. The lowest BCUT2D eigenvalue weighted by Crippen LogP contribution is -2.51. The van der Waals surface area contributed by atoms with Crippen molar-refractivity contribution in [3.63, 3.8) is 0 Å². The lowest BCUT2D eigenvalue weighted by molar-refractivity contribution is 0.0710. The van der Waals surface area contributed by atoms with Crippen molar-refractivity contribution in [2.24, 2.45) is 0 Å². The summed E-state index contributed by atoms with van der Waals surface area (Å²) in [5.41, 5.74) is 6.96. The number of amides is 1. The van der Waals surface area contributed by atoms with E-state index >= 15 is 0 Å². The molecule has 3 N–H and O–H groups in total. The number of carbonyl (C=O) groups is 1. The Morgan fingerprint density at radius 2 is 2.25 bits per heavy atom. The van der Waals surface area contributed by atoms with E-state index < -0.39 is 0 Å². The Hall–Kier alpha value is -1.55. The first-order valence-corrected chi connectivity index (χ1v) is 5.55. The maximum absolute atomic E-state index is 12.2. The van der Waals surface area contributed by atoms with E-state index in [1.165, 1.54) is 0 Å². The third kappa shape index (κ3) is 2.17. The number of hydrogen-bond donors (Lipinski definition) is 2. The SMILES string of the molecule is CC1CN(C(=O)c2ccccc2N)CCN1. The van der Waals surface area contributed by atoms with Gasteiger partial charge in [0, 0.05) is 31.4 Å². The van der Waals surface area contributed by atoms with Gasteiger partial charge < -0.3 is 16.0 Å². The van der Waals surface area contributed by atoms with Crippen molar-refractivity contribution in [1.29, 1.82) is 0 Å². The molecule has 1 fully saturated rings. The summed E-state index contributed by atoms with van der Waals surface area (Å²) in [7, 11) is 0. The van der Waals surface area contributed by atoms with E-state index in [0.717, 1.165) is 19.6 Å². The minimum absolute atomic E-state index is 0.0338. The number of nitrogens with two attached hydrogens (primary N) is 1. The fourth-order valence-corrected chi connectivity index (χ4v) is 1.98. The summed E-state index contributed by atoms with van der Waals surface area (Å²) < 4.78 is 0. The monoisotopic (exact) mass is 219 g/mol. The van der Waals surface area contributed by atoms with E-state index in [9.17, 15) is 4.79 Å². The number of nitrogen functional groups attached to an aromatic ring is 1. The molecule has 1 atom stereocenters. The second-order valence-corrected chi connectivity index (χ2v) is 4.19. The molecular weight excluding hydrogens is 202 g/mol. The first-order valence-electron chi connectivity index (χ1n) is 5.55. The van der Waals surface area contributed by atoms with E-state index in [0.29, 0.717) is 17.3 Å². The summed E-state index contributed by atoms with van der Waals surface area (Å²) in [5.74, 6) is 0.0338. The number of para-hydroxylation sites is 1. The third-order valence-electron chi connectivity index (χ3n) is 2.85. The van der Waals surface area contributed by atoms with Crippen molar-refractivity contribution >= 4 is 11.6 Å². The van der Waals surface area contributed by atoms with Gasteiger partial charge in [-0.1, -0.05) is 12.1 Å². The molecule has 1 aliphatic heterocycles. The Kier molecular flexibility index (Phi) is 3.10. The lowest BCUT2D eigenvalue weighted by atomic mass is 10.1. The predicted molar refractivity (Wildman–Crippen MR) is 64.2 cm³/mol. The molecule has 0 spiro atoms. The molecule has 1 heterocycles. The fourth-order valence-electron chi connectivity index (χ4n) is 1.98. The van der Waals surface area contributed by atoms with Crippen LogP contribution in [0.15, 0.2) is 24.3 Å². The normalized spacial score (nSPS) is 20.8. The second-order valence-electron chi connectivity index (χ2n) is 4.19. The molecule has 4 heteroatoms. The van der Waals surface area contributed by atoms with E-state index in [2.05, 4.69) is 12.2 Å². The van der Waals surface area contributed by atoms with Gasteiger partial charge in [0.15, 0.2) is 0 Å². The second kappa shape index (κ2) is 4.53. The maximum Gasteiger partial charge on any atom is 0.256 e. The summed E-state index contributed by atoms with van der Waals surface area (Å²) in [6.07, 6.45) is 0. The van der Waals surface area contributed by atoms with E-state index in [1.807, 2.05) is 17.0 Å². The van der Waals surface area contributed by atoms with Crippen LogP contribution in [0.25, 0.3) is 0 Å². The Bertz CT molecular complexity index is 392. The van der Waals surface area contributed by atoms with Crippen molar-refractivity contribution in [2.75, 3.05) is 25.4 Å². The Morgan fingerprint density at radius 3 is 2.94 bits per heavy atom. The molecule has 86 valence electrons. The minimum Gasteiger partial charge on any atom is -0.398 e. The van der Waals surface area contributed by atoms with Gasteiger partial charge in [-0.3, -0.25) is 4.79 Å². The maximum atomic E-state index is 12.2. The quantitative estimate of drug-likeness (QED) is 0.684. The zero-order valence-corrected chi connectivity index (χ0v) is 9.44. The molecule has 0 bridgehead atoms. The summed E-state index contributed by atoms with van der Waals surface area (Å²) in [5, 5.41) is 3.31. The summed E-state index contributed by atoms with van der Waals surface area (Å²) >= 11 is 0. The van der Waals surface area contributed by atoms with Gasteiger partial charge in [0.25, 0.3) is 5.91 Å². The number of rotatable bonds is 1. The van der Waals surface area contributed by atoms with Crippen LogP contribution in [-0.2, 0) is 0 Å². The van der Waals surface area contributed by atoms with Crippen molar-refractivity contribution in [3.05, 3.63) is 29.8 Å². The van der Waals surface area contributed by atoms with Gasteiger partial charge >= 0.3 is 0 Å². The van der Waals surface area contributed by atoms with Crippen LogP contribution in [0.4, 0.5) is 5.69 Å². The smallest absolute Gasteiger partial charge is 0.256 e. The molecule has 0 radical (unpaired) electrons. The van der Waals surface area contributed by atoms with Crippen LogP contribution in [0.5, 0.6) is 0 Å². The Labute approximate surface area is 95.4 Å². The number of nitrogens with zero attached hydrogens (tertiary/aromatic N) is 1. The minimum atomic E-state index is 0.0338. The molecular formula is C12H17N3O. The Morgan fingerprint density at radius 1 is 1.50 bits per heavy atom. The molecule has 0 aromatic heterocycles. The molecule has 1 saturated heterocycles. The summed E-state index contributed by atoms with van der Waals surface area (Å²) in [4.78, 5) is 14.0. The molecule has 1 unspecified atom stereocenters. The van der Waals surface area contributed by atoms with Gasteiger partial charge in [-0.05, 0) is 19.1 Å². The highest BCUT2D eigenvalue weighted by molar-refractivity contribution is 5.99. The van der Waals surface area contributed by atoms with Crippen LogP contribution in [0.2, 0.25) is 0 Å². The first kappa shape index (κ1) is 11.0. The molecule has 1 aromatic carbocycles. The van der Waals surface area contributed by atoms with Crippen molar-refractivity contribution in [2.45, 2.75) is 13.0 Å². The van der Waals surface area contributed by atoms with Crippen molar-refractivity contribution in [3.8, 4) is 0 Å². The number of carbonyl (C=O) groups excluding carboxylic acids is 1. The summed E-state index contributed by atoms with van der Waals surface area (Å²) in [6, 6.07) is 7.58. The standard InChI is InChI=1S/C12H17N3O/c1-9-8-15(7-6-14-9)12(16)10-4-2-3-5-11(10)13/h2-5,9,14H,6-8,13H2,1H3. The highest BCUT2D eigenvalue weighted by Crippen LogP contribution is 2.14. The van der Waals surface area contributed by atoms with E-state index in [-0.39, 0.29) is 5.91 Å². The molecule has 1 amide bonds. The topological polar surface area (TPSA) is 58.4 Å². The van der Waals surface area contributed by atoms with E-state index in [4.69, 9.17) is 5.73 Å². The van der Waals surface area contributed by atoms with Gasteiger partial charge in [-0.25, -0.2) is 0 Å². The molecule has 1 aromatic rings. The van der Waals surface area contributed by atoms with Crippen LogP contribution in [0.1, 0.15) is 17.3 Å². The Balaban J connectivity index is 2.16.